The van der Waals surface area contributed by atoms with Gasteiger partial charge in [-0.25, -0.2) is 4.98 Å². The highest BCUT2D eigenvalue weighted by Crippen LogP contribution is 2.34. The van der Waals surface area contributed by atoms with Gasteiger partial charge in [0.1, 0.15) is 5.15 Å². The van der Waals surface area contributed by atoms with Gasteiger partial charge in [0.05, 0.1) is 20.6 Å². The minimum Gasteiger partial charge on any atom is -0.349 e. The summed E-state index contributed by atoms with van der Waals surface area (Å²) in [5.41, 5.74) is 2.65. The second kappa shape index (κ2) is 9.25. The molecule has 1 aromatic heterocycles. The Hall–Kier alpha value is -1.62. The molecule has 1 aliphatic rings. The first-order valence-electron chi connectivity index (χ1n) is 10.5. The summed E-state index contributed by atoms with van der Waals surface area (Å²) in [6.45, 7) is 9.71. The second-order valence-corrected chi connectivity index (χ2v) is 8.64. The van der Waals surface area contributed by atoms with Crippen LogP contribution in [-0.2, 0) is 6.54 Å². The van der Waals surface area contributed by atoms with Crippen LogP contribution in [0.25, 0.3) is 0 Å². The van der Waals surface area contributed by atoms with Crippen molar-refractivity contribution in [3.8, 4) is 0 Å². The lowest BCUT2D eigenvalue weighted by molar-refractivity contribution is 0.201. The number of aromatic nitrogens is 1. The van der Waals surface area contributed by atoms with E-state index in [1.807, 2.05) is 6.07 Å². The first-order chi connectivity index (χ1) is 13.4. The van der Waals surface area contributed by atoms with Crippen LogP contribution in [0, 0.1) is 0 Å². The Morgan fingerprint density at radius 1 is 1.07 bits per heavy atom. The van der Waals surface area contributed by atoms with Gasteiger partial charge < -0.3 is 4.90 Å². The Bertz CT molecular complexity index is 754. The number of likely N-dealkylation sites (tertiary alicyclic amines) is 1. The summed E-state index contributed by atoms with van der Waals surface area (Å²) in [5, 5.41) is 0.579. The van der Waals surface area contributed by atoms with E-state index in [-0.39, 0.29) is 0 Å². The molecule has 0 radical (unpaired) electrons. The molecule has 2 aromatic rings. The summed E-state index contributed by atoms with van der Waals surface area (Å²) < 4.78 is 0.808. The molecule has 0 spiro atoms. The molecular formula is C23H34ClN4+. The summed E-state index contributed by atoms with van der Waals surface area (Å²) in [5.74, 6) is 1.06. The van der Waals surface area contributed by atoms with Crippen molar-refractivity contribution in [2.45, 2.75) is 39.3 Å². The van der Waals surface area contributed by atoms with E-state index in [9.17, 15) is 0 Å². The van der Waals surface area contributed by atoms with Gasteiger partial charge in [-0.15, -0.1) is 0 Å². The second-order valence-electron chi connectivity index (χ2n) is 8.26. The Labute approximate surface area is 175 Å². The fourth-order valence-corrected chi connectivity index (χ4v) is 4.23. The van der Waals surface area contributed by atoms with E-state index in [1.165, 1.54) is 11.3 Å². The molecule has 152 valence electrons. The standard InChI is InChI=1S/C23H34ClN4/c1-5-27(23-21(28(3,4)6-2)12-13-22(24)25-23)20-14-16-26(17-15-20)18-19-10-8-7-9-11-19/h7-13,20H,5-6,14-18H2,1-4H3/q+1. The Morgan fingerprint density at radius 2 is 1.75 bits per heavy atom. The molecule has 0 bridgehead atoms. The van der Waals surface area contributed by atoms with E-state index in [0.717, 1.165) is 55.9 Å². The summed E-state index contributed by atoms with van der Waals surface area (Å²) in [4.78, 5) is 9.83. The monoisotopic (exact) mass is 401 g/mol. The smallest absolute Gasteiger partial charge is 0.192 e. The van der Waals surface area contributed by atoms with Crippen molar-refractivity contribution in [3.05, 3.63) is 53.2 Å². The summed E-state index contributed by atoms with van der Waals surface area (Å²) in [6.07, 6.45) is 2.32. The van der Waals surface area contributed by atoms with Crippen LogP contribution in [0.3, 0.4) is 0 Å². The SMILES string of the molecule is CCN(c1nc(Cl)ccc1[N+](C)(C)CC)C1CCN(Cc2ccccc2)CC1. The fourth-order valence-electron chi connectivity index (χ4n) is 4.08. The Morgan fingerprint density at radius 3 is 2.36 bits per heavy atom. The number of benzene rings is 1. The lowest BCUT2D eigenvalue weighted by atomic mass is 10.0. The highest BCUT2D eigenvalue weighted by molar-refractivity contribution is 6.29. The predicted octanol–water partition coefficient (Wildman–Crippen LogP) is 4.81. The quantitative estimate of drug-likeness (QED) is 0.490. The molecule has 4 nitrogen and oxygen atoms in total. The van der Waals surface area contributed by atoms with Crippen molar-refractivity contribution in [3.63, 3.8) is 0 Å². The van der Waals surface area contributed by atoms with Crippen molar-refractivity contribution < 1.29 is 0 Å². The van der Waals surface area contributed by atoms with Gasteiger partial charge in [-0.2, -0.15) is 0 Å². The molecule has 28 heavy (non-hydrogen) atoms. The van der Waals surface area contributed by atoms with Crippen LogP contribution >= 0.6 is 11.6 Å². The minimum absolute atomic E-state index is 0.513. The van der Waals surface area contributed by atoms with Gasteiger partial charge in [-0.05, 0) is 38.3 Å². The number of anilines is 1. The van der Waals surface area contributed by atoms with Crippen LogP contribution in [-0.4, -0.2) is 56.2 Å². The molecular weight excluding hydrogens is 368 g/mol. The zero-order chi connectivity index (χ0) is 20.1. The average Bonchev–Trinajstić information content (AvgIpc) is 2.70. The number of piperidine rings is 1. The molecule has 1 fully saturated rings. The molecule has 1 saturated heterocycles. The maximum atomic E-state index is 6.31. The van der Waals surface area contributed by atoms with E-state index in [2.05, 4.69) is 74.1 Å². The lowest BCUT2D eigenvalue weighted by Gasteiger charge is -2.40. The van der Waals surface area contributed by atoms with Gasteiger partial charge in [0.25, 0.3) is 0 Å². The van der Waals surface area contributed by atoms with Crippen molar-refractivity contribution in [1.29, 1.82) is 0 Å². The number of rotatable bonds is 7. The average molecular weight is 402 g/mol. The zero-order valence-electron chi connectivity index (χ0n) is 17.7. The van der Waals surface area contributed by atoms with Gasteiger partial charge in [0, 0.05) is 38.3 Å². The molecule has 0 amide bonds. The van der Waals surface area contributed by atoms with Crippen LogP contribution in [0.5, 0.6) is 0 Å². The minimum atomic E-state index is 0.513. The number of hydrogen-bond acceptors (Lipinski definition) is 3. The van der Waals surface area contributed by atoms with Gasteiger partial charge >= 0.3 is 0 Å². The summed E-state index contributed by atoms with van der Waals surface area (Å²) >= 11 is 6.31. The maximum absolute atomic E-state index is 6.31. The number of quaternary nitrogens is 1. The first kappa shape index (κ1) is 21.1. The lowest BCUT2D eigenvalue weighted by Crippen LogP contribution is -2.47. The first-order valence-corrected chi connectivity index (χ1v) is 10.9. The van der Waals surface area contributed by atoms with Crippen LogP contribution in [0.2, 0.25) is 5.15 Å². The van der Waals surface area contributed by atoms with Gasteiger partial charge in [-0.1, -0.05) is 41.9 Å². The van der Waals surface area contributed by atoms with E-state index >= 15 is 0 Å². The molecule has 0 saturated carbocycles. The molecule has 0 aliphatic carbocycles. The van der Waals surface area contributed by atoms with Crippen LogP contribution < -0.4 is 9.38 Å². The molecule has 3 rings (SSSR count). The molecule has 1 aliphatic heterocycles. The van der Waals surface area contributed by atoms with Crippen molar-refractivity contribution in [2.75, 3.05) is 45.2 Å². The molecule has 5 heteroatoms. The zero-order valence-corrected chi connectivity index (χ0v) is 18.5. The van der Waals surface area contributed by atoms with E-state index in [4.69, 9.17) is 16.6 Å². The topological polar surface area (TPSA) is 19.4 Å². The third kappa shape index (κ3) is 4.86. The van der Waals surface area contributed by atoms with Crippen LogP contribution in [0.4, 0.5) is 11.5 Å². The molecule has 1 aromatic carbocycles. The maximum Gasteiger partial charge on any atom is 0.192 e. The highest BCUT2D eigenvalue weighted by atomic mass is 35.5. The van der Waals surface area contributed by atoms with Crippen LogP contribution in [0.1, 0.15) is 32.3 Å². The Balaban J connectivity index is 1.74. The predicted molar refractivity (Wildman–Crippen MR) is 121 cm³/mol. The van der Waals surface area contributed by atoms with E-state index in [0.29, 0.717) is 11.2 Å². The summed E-state index contributed by atoms with van der Waals surface area (Å²) in [6, 6.07) is 15.4. The van der Waals surface area contributed by atoms with Crippen molar-refractivity contribution in [1.82, 2.24) is 14.4 Å². The van der Waals surface area contributed by atoms with Crippen LogP contribution in [0.15, 0.2) is 42.5 Å². The summed E-state index contributed by atoms with van der Waals surface area (Å²) in [7, 11) is 4.48. The van der Waals surface area contributed by atoms with Crippen molar-refractivity contribution in [2.24, 2.45) is 0 Å². The third-order valence-corrected chi connectivity index (χ3v) is 6.33. The van der Waals surface area contributed by atoms with E-state index < -0.39 is 0 Å². The molecule has 0 unspecified atom stereocenters. The van der Waals surface area contributed by atoms with Gasteiger partial charge in [0.2, 0.25) is 0 Å². The third-order valence-electron chi connectivity index (χ3n) is 6.12. The normalized spacial score (nSPS) is 16.3. The molecule has 0 atom stereocenters. The number of nitrogens with zero attached hydrogens (tertiary/aromatic N) is 4. The highest BCUT2D eigenvalue weighted by Gasteiger charge is 2.31. The molecule has 2 heterocycles. The van der Waals surface area contributed by atoms with Crippen molar-refractivity contribution >= 4 is 23.1 Å². The molecule has 0 N–H and O–H groups in total. The van der Waals surface area contributed by atoms with Gasteiger partial charge in [0.15, 0.2) is 11.5 Å². The number of pyridine rings is 1. The number of hydrogen-bond donors (Lipinski definition) is 0. The van der Waals surface area contributed by atoms with E-state index in [1.54, 1.807) is 0 Å². The largest absolute Gasteiger partial charge is 0.349 e. The van der Waals surface area contributed by atoms with Gasteiger partial charge in [-0.3, -0.25) is 9.38 Å². The number of halogens is 1. The Kier molecular flexibility index (Phi) is 6.97. The fraction of sp³-hybridized carbons (Fsp3) is 0.522.